The highest BCUT2D eigenvalue weighted by Crippen LogP contribution is 2.36. The van der Waals surface area contributed by atoms with E-state index in [0.717, 1.165) is 67.9 Å². The van der Waals surface area contributed by atoms with Gasteiger partial charge in [0.15, 0.2) is 0 Å². The third kappa shape index (κ3) is 4.53. The first kappa shape index (κ1) is 21.1. The second-order valence-electron chi connectivity index (χ2n) is 8.56. The van der Waals surface area contributed by atoms with Crippen molar-refractivity contribution in [3.8, 4) is 22.3 Å². The highest BCUT2D eigenvalue weighted by Gasteiger charge is 2.24. The summed E-state index contributed by atoms with van der Waals surface area (Å²) in [6.45, 7) is 4.14. The molecule has 2 aliphatic rings. The van der Waals surface area contributed by atoms with Gasteiger partial charge in [-0.15, -0.1) is 0 Å². The number of nitrogens with two attached hydrogens (primary N) is 1. The van der Waals surface area contributed by atoms with Crippen molar-refractivity contribution in [2.45, 2.75) is 31.2 Å². The number of aromatic nitrogens is 2. The van der Waals surface area contributed by atoms with E-state index in [0.29, 0.717) is 18.3 Å². The van der Waals surface area contributed by atoms with Crippen LogP contribution >= 0.6 is 0 Å². The predicted octanol–water partition coefficient (Wildman–Crippen LogP) is 4.34. The number of nitrogens with one attached hydrogen (secondary N) is 1. The summed E-state index contributed by atoms with van der Waals surface area (Å²) in [5, 5.41) is 3.70. The fraction of sp³-hybridized carbons (Fsp3) is 0.385. The summed E-state index contributed by atoms with van der Waals surface area (Å²) in [6, 6.07) is 13.1. The molecule has 1 aromatic carbocycles. The standard InChI is InChI=1S/C26H30N4O2/c27-26-23(18-4-9-28-10-5-18)15-21(16-30-26)20-2-3-22(19-6-12-31-13-7-19)24(14-20)25-17-32-11-1-8-29-25/h2-5,9-10,14-16,19,25,29H,1,6-8,11-13,17H2,(H2,27,30)/t25-/m1/s1. The molecule has 0 bridgehead atoms. The molecule has 6 heteroatoms. The topological polar surface area (TPSA) is 82.3 Å². The number of rotatable bonds is 4. The van der Waals surface area contributed by atoms with Crippen LogP contribution < -0.4 is 11.1 Å². The van der Waals surface area contributed by atoms with Gasteiger partial charge in [-0.25, -0.2) is 4.98 Å². The van der Waals surface area contributed by atoms with E-state index in [2.05, 4.69) is 39.6 Å². The van der Waals surface area contributed by atoms with Crippen LogP contribution in [-0.2, 0) is 9.47 Å². The lowest BCUT2D eigenvalue weighted by molar-refractivity contribution is 0.0847. The molecule has 2 saturated heterocycles. The number of benzene rings is 1. The number of hydrogen-bond donors (Lipinski definition) is 2. The van der Waals surface area contributed by atoms with Crippen LogP contribution in [0, 0.1) is 0 Å². The van der Waals surface area contributed by atoms with Crippen molar-refractivity contribution in [1.29, 1.82) is 0 Å². The summed E-state index contributed by atoms with van der Waals surface area (Å²) in [5.74, 6) is 1.05. The number of anilines is 1. The first-order valence-electron chi connectivity index (χ1n) is 11.5. The molecule has 0 unspecified atom stereocenters. The minimum atomic E-state index is 0.191. The van der Waals surface area contributed by atoms with Gasteiger partial charge in [-0.1, -0.05) is 12.1 Å². The molecule has 166 valence electrons. The highest BCUT2D eigenvalue weighted by molar-refractivity contribution is 5.79. The molecule has 32 heavy (non-hydrogen) atoms. The zero-order valence-electron chi connectivity index (χ0n) is 18.3. The molecule has 1 atom stereocenters. The molecule has 2 aliphatic heterocycles. The molecule has 2 fully saturated rings. The first-order chi connectivity index (χ1) is 15.8. The monoisotopic (exact) mass is 430 g/mol. The summed E-state index contributed by atoms with van der Waals surface area (Å²) in [6.07, 6.45) is 8.59. The van der Waals surface area contributed by atoms with E-state index >= 15 is 0 Å². The molecule has 0 radical (unpaired) electrons. The quantitative estimate of drug-likeness (QED) is 0.641. The smallest absolute Gasteiger partial charge is 0.131 e. The normalized spacial score (nSPS) is 20.1. The lowest BCUT2D eigenvalue weighted by Crippen LogP contribution is -2.26. The van der Waals surface area contributed by atoms with Gasteiger partial charge in [0.25, 0.3) is 0 Å². The Morgan fingerprint density at radius 1 is 0.875 bits per heavy atom. The Morgan fingerprint density at radius 3 is 2.56 bits per heavy atom. The van der Waals surface area contributed by atoms with E-state index in [4.69, 9.17) is 15.2 Å². The minimum Gasteiger partial charge on any atom is -0.383 e. The van der Waals surface area contributed by atoms with Gasteiger partial charge in [0.2, 0.25) is 0 Å². The second-order valence-corrected chi connectivity index (χ2v) is 8.56. The number of ether oxygens (including phenoxy) is 2. The molecule has 4 heterocycles. The van der Waals surface area contributed by atoms with E-state index in [9.17, 15) is 0 Å². The van der Waals surface area contributed by atoms with Crippen molar-refractivity contribution < 1.29 is 9.47 Å². The molecular formula is C26H30N4O2. The van der Waals surface area contributed by atoms with Crippen molar-refractivity contribution in [1.82, 2.24) is 15.3 Å². The van der Waals surface area contributed by atoms with E-state index < -0.39 is 0 Å². The van der Waals surface area contributed by atoms with Crippen molar-refractivity contribution in [3.05, 3.63) is 66.1 Å². The van der Waals surface area contributed by atoms with Crippen LogP contribution in [0.5, 0.6) is 0 Å². The minimum absolute atomic E-state index is 0.191. The molecule has 5 rings (SSSR count). The van der Waals surface area contributed by atoms with Crippen molar-refractivity contribution in [3.63, 3.8) is 0 Å². The Kier molecular flexibility index (Phi) is 6.44. The maximum Gasteiger partial charge on any atom is 0.131 e. The fourth-order valence-electron chi connectivity index (χ4n) is 4.74. The number of nitrogens with zero attached hydrogens (tertiary/aromatic N) is 2. The summed E-state index contributed by atoms with van der Waals surface area (Å²) >= 11 is 0. The number of pyridine rings is 2. The zero-order chi connectivity index (χ0) is 21.8. The third-order valence-corrected chi connectivity index (χ3v) is 6.51. The van der Waals surface area contributed by atoms with Crippen LogP contribution in [0.25, 0.3) is 22.3 Å². The van der Waals surface area contributed by atoms with Gasteiger partial charge in [0, 0.05) is 49.5 Å². The average Bonchev–Trinajstić information content (AvgIpc) is 3.15. The zero-order valence-corrected chi connectivity index (χ0v) is 18.3. The largest absolute Gasteiger partial charge is 0.383 e. The molecule has 2 aromatic heterocycles. The van der Waals surface area contributed by atoms with Gasteiger partial charge in [-0.05, 0) is 78.2 Å². The molecular weight excluding hydrogens is 400 g/mol. The van der Waals surface area contributed by atoms with E-state index in [1.807, 2.05) is 18.3 Å². The second kappa shape index (κ2) is 9.77. The van der Waals surface area contributed by atoms with Gasteiger partial charge in [-0.3, -0.25) is 4.98 Å². The van der Waals surface area contributed by atoms with Crippen LogP contribution in [0.1, 0.15) is 42.3 Å². The Hall–Kier alpha value is -2.80. The van der Waals surface area contributed by atoms with Crippen LogP contribution in [0.3, 0.4) is 0 Å². The lowest BCUT2D eigenvalue weighted by Gasteiger charge is -2.28. The summed E-state index contributed by atoms with van der Waals surface area (Å²) < 4.78 is 11.5. The van der Waals surface area contributed by atoms with E-state index in [1.165, 1.54) is 11.1 Å². The Labute approximate surface area is 189 Å². The summed E-state index contributed by atoms with van der Waals surface area (Å²) in [7, 11) is 0. The Balaban J connectivity index is 1.55. The van der Waals surface area contributed by atoms with E-state index in [-0.39, 0.29) is 6.04 Å². The molecule has 0 aliphatic carbocycles. The molecule has 3 N–H and O–H groups in total. The maximum atomic E-state index is 6.22. The number of nitrogen functional groups attached to an aromatic ring is 1. The van der Waals surface area contributed by atoms with Crippen molar-refractivity contribution in [2.24, 2.45) is 0 Å². The maximum absolute atomic E-state index is 6.22. The molecule has 0 amide bonds. The van der Waals surface area contributed by atoms with Gasteiger partial charge >= 0.3 is 0 Å². The third-order valence-electron chi connectivity index (χ3n) is 6.51. The fourth-order valence-corrected chi connectivity index (χ4v) is 4.74. The SMILES string of the molecule is Nc1ncc(-c2ccc(C3CCOCC3)c([C@H]3COCCCN3)c2)cc1-c1ccncc1. The Bertz CT molecular complexity index is 1040. The molecule has 0 saturated carbocycles. The lowest BCUT2D eigenvalue weighted by atomic mass is 9.84. The van der Waals surface area contributed by atoms with Crippen molar-refractivity contribution in [2.75, 3.05) is 38.7 Å². The first-order valence-corrected chi connectivity index (χ1v) is 11.5. The van der Waals surface area contributed by atoms with E-state index in [1.54, 1.807) is 12.4 Å². The highest BCUT2D eigenvalue weighted by atomic mass is 16.5. The molecule has 0 spiro atoms. The average molecular weight is 431 g/mol. The van der Waals surface area contributed by atoms with Gasteiger partial charge < -0.3 is 20.5 Å². The predicted molar refractivity (Wildman–Crippen MR) is 126 cm³/mol. The molecule has 3 aromatic rings. The summed E-state index contributed by atoms with van der Waals surface area (Å²) in [4.78, 5) is 8.62. The van der Waals surface area contributed by atoms with Gasteiger partial charge in [0.05, 0.1) is 12.6 Å². The van der Waals surface area contributed by atoms with Crippen LogP contribution in [0.2, 0.25) is 0 Å². The molecule has 6 nitrogen and oxygen atoms in total. The van der Waals surface area contributed by atoms with Crippen LogP contribution in [0.4, 0.5) is 5.82 Å². The Morgan fingerprint density at radius 2 is 1.72 bits per heavy atom. The van der Waals surface area contributed by atoms with Gasteiger partial charge in [-0.2, -0.15) is 0 Å². The number of hydrogen-bond acceptors (Lipinski definition) is 6. The van der Waals surface area contributed by atoms with Crippen LogP contribution in [0.15, 0.2) is 55.0 Å². The van der Waals surface area contributed by atoms with Crippen molar-refractivity contribution >= 4 is 5.82 Å². The van der Waals surface area contributed by atoms with Crippen LogP contribution in [-0.4, -0.2) is 42.9 Å². The summed E-state index contributed by atoms with van der Waals surface area (Å²) in [5.41, 5.74) is 13.1. The van der Waals surface area contributed by atoms with Gasteiger partial charge in [0.1, 0.15) is 5.82 Å².